The third-order valence-corrected chi connectivity index (χ3v) is 3.08. The first-order chi connectivity index (χ1) is 9.84. The summed E-state index contributed by atoms with van der Waals surface area (Å²) < 4.78 is 43.2. The van der Waals surface area contributed by atoms with E-state index in [1.807, 2.05) is 6.92 Å². The lowest BCUT2D eigenvalue weighted by atomic mass is 10.1. The first kappa shape index (κ1) is 17.3. The van der Waals surface area contributed by atoms with Gasteiger partial charge in [0.25, 0.3) is 0 Å². The van der Waals surface area contributed by atoms with E-state index >= 15 is 0 Å². The standard InChI is InChI=1S/C15H20F3NO2/c1-2-3-4-5-6-13(15(16,17)18)21-14(20)11-7-9-12(19)10-8-11/h7-10,13H,2-6,19H2,1H3. The molecule has 0 aliphatic rings. The molecule has 0 fully saturated rings. The van der Waals surface area contributed by atoms with E-state index < -0.39 is 18.2 Å². The van der Waals surface area contributed by atoms with E-state index in [-0.39, 0.29) is 12.0 Å². The van der Waals surface area contributed by atoms with Crippen LogP contribution in [-0.4, -0.2) is 18.2 Å². The summed E-state index contributed by atoms with van der Waals surface area (Å²) in [5.74, 6) is -0.979. The van der Waals surface area contributed by atoms with Crippen molar-refractivity contribution in [1.82, 2.24) is 0 Å². The fourth-order valence-electron chi connectivity index (χ4n) is 1.86. The number of ether oxygens (including phenoxy) is 1. The molecule has 6 heteroatoms. The van der Waals surface area contributed by atoms with Gasteiger partial charge in [-0.15, -0.1) is 0 Å². The summed E-state index contributed by atoms with van der Waals surface area (Å²) in [4.78, 5) is 11.7. The van der Waals surface area contributed by atoms with E-state index in [4.69, 9.17) is 5.73 Å². The number of carbonyl (C=O) groups is 1. The zero-order valence-corrected chi connectivity index (χ0v) is 12.0. The highest BCUT2D eigenvalue weighted by molar-refractivity contribution is 5.89. The SMILES string of the molecule is CCCCCCC(OC(=O)c1ccc(N)cc1)C(F)(F)F. The molecule has 0 spiro atoms. The van der Waals surface area contributed by atoms with Crippen LogP contribution in [-0.2, 0) is 4.74 Å². The summed E-state index contributed by atoms with van der Waals surface area (Å²) in [6, 6.07) is 5.59. The average Bonchev–Trinajstić information content (AvgIpc) is 2.41. The third-order valence-electron chi connectivity index (χ3n) is 3.08. The Morgan fingerprint density at radius 1 is 1.19 bits per heavy atom. The van der Waals surface area contributed by atoms with Gasteiger partial charge < -0.3 is 10.5 Å². The molecular weight excluding hydrogens is 283 g/mol. The van der Waals surface area contributed by atoms with Crippen molar-refractivity contribution in [2.24, 2.45) is 0 Å². The molecular formula is C15H20F3NO2. The molecule has 1 atom stereocenters. The van der Waals surface area contributed by atoms with Crippen molar-refractivity contribution in [2.45, 2.75) is 51.3 Å². The van der Waals surface area contributed by atoms with Gasteiger partial charge in [0, 0.05) is 5.69 Å². The minimum absolute atomic E-state index is 0.0620. The molecule has 0 saturated heterocycles. The highest BCUT2D eigenvalue weighted by atomic mass is 19.4. The van der Waals surface area contributed by atoms with E-state index in [0.717, 1.165) is 12.8 Å². The van der Waals surface area contributed by atoms with Crippen LogP contribution in [0.1, 0.15) is 49.4 Å². The van der Waals surface area contributed by atoms with Gasteiger partial charge in [0.2, 0.25) is 0 Å². The maximum atomic E-state index is 12.9. The number of unbranched alkanes of at least 4 members (excludes halogenated alkanes) is 3. The Kier molecular flexibility index (Phi) is 6.52. The lowest BCUT2D eigenvalue weighted by molar-refractivity contribution is -0.206. The van der Waals surface area contributed by atoms with Gasteiger partial charge in [-0.25, -0.2) is 4.79 Å². The Morgan fingerprint density at radius 3 is 2.33 bits per heavy atom. The van der Waals surface area contributed by atoms with Crippen LogP contribution in [0.4, 0.5) is 18.9 Å². The molecule has 0 aromatic heterocycles. The molecule has 1 aromatic carbocycles. The number of halogens is 3. The molecule has 0 radical (unpaired) electrons. The number of anilines is 1. The van der Waals surface area contributed by atoms with Crippen molar-refractivity contribution in [3.05, 3.63) is 29.8 Å². The van der Waals surface area contributed by atoms with Crippen molar-refractivity contribution in [3.63, 3.8) is 0 Å². The highest BCUT2D eigenvalue weighted by Crippen LogP contribution is 2.28. The van der Waals surface area contributed by atoms with Crippen molar-refractivity contribution < 1.29 is 22.7 Å². The predicted molar refractivity (Wildman–Crippen MR) is 74.9 cm³/mol. The van der Waals surface area contributed by atoms with Crippen molar-refractivity contribution in [1.29, 1.82) is 0 Å². The zero-order valence-electron chi connectivity index (χ0n) is 12.0. The molecule has 0 saturated carbocycles. The van der Waals surface area contributed by atoms with Crippen LogP contribution in [0.2, 0.25) is 0 Å². The van der Waals surface area contributed by atoms with E-state index in [9.17, 15) is 18.0 Å². The lowest BCUT2D eigenvalue weighted by Gasteiger charge is -2.20. The van der Waals surface area contributed by atoms with Crippen LogP contribution in [0.25, 0.3) is 0 Å². The Labute approximate surface area is 122 Å². The summed E-state index contributed by atoms with van der Waals surface area (Å²) in [5, 5.41) is 0. The van der Waals surface area contributed by atoms with E-state index in [0.29, 0.717) is 18.5 Å². The number of nitrogens with two attached hydrogens (primary N) is 1. The zero-order chi connectivity index (χ0) is 15.9. The van der Waals surface area contributed by atoms with Crippen LogP contribution >= 0.6 is 0 Å². The molecule has 0 heterocycles. The molecule has 1 rings (SSSR count). The van der Waals surface area contributed by atoms with Gasteiger partial charge in [0.15, 0.2) is 6.10 Å². The van der Waals surface area contributed by atoms with Gasteiger partial charge in [0.1, 0.15) is 0 Å². The van der Waals surface area contributed by atoms with Crippen LogP contribution in [0.15, 0.2) is 24.3 Å². The van der Waals surface area contributed by atoms with Crippen molar-refractivity contribution in [3.8, 4) is 0 Å². The Balaban J connectivity index is 2.63. The molecule has 3 nitrogen and oxygen atoms in total. The topological polar surface area (TPSA) is 52.3 Å². The van der Waals surface area contributed by atoms with Gasteiger partial charge in [0.05, 0.1) is 5.56 Å². The summed E-state index contributed by atoms with van der Waals surface area (Å²) in [6.45, 7) is 1.97. The third kappa shape index (κ3) is 6.06. The fraction of sp³-hybridized carbons (Fsp3) is 0.533. The Bertz CT molecular complexity index is 443. The minimum Gasteiger partial charge on any atom is -0.449 e. The molecule has 1 unspecified atom stereocenters. The molecule has 21 heavy (non-hydrogen) atoms. The molecule has 0 aliphatic heterocycles. The number of hydrogen-bond donors (Lipinski definition) is 1. The van der Waals surface area contributed by atoms with E-state index in [1.54, 1.807) is 0 Å². The maximum Gasteiger partial charge on any atom is 0.425 e. The van der Waals surface area contributed by atoms with Crippen molar-refractivity contribution >= 4 is 11.7 Å². The fourth-order valence-corrected chi connectivity index (χ4v) is 1.86. The lowest BCUT2D eigenvalue weighted by Crippen LogP contribution is -2.33. The summed E-state index contributed by atoms with van der Waals surface area (Å²) in [5.41, 5.74) is 5.95. The van der Waals surface area contributed by atoms with E-state index in [2.05, 4.69) is 4.74 Å². The molecule has 118 valence electrons. The number of alkyl halides is 3. The van der Waals surface area contributed by atoms with Crippen LogP contribution in [0, 0.1) is 0 Å². The largest absolute Gasteiger partial charge is 0.449 e. The van der Waals surface area contributed by atoms with Gasteiger partial charge >= 0.3 is 12.1 Å². The molecule has 0 aliphatic carbocycles. The van der Waals surface area contributed by atoms with Crippen LogP contribution in [0.3, 0.4) is 0 Å². The van der Waals surface area contributed by atoms with E-state index in [1.165, 1.54) is 24.3 Å². The Hall–Kier alpha value is -1.72. The number of carbonyl (C=O) groups excluding carboxylic acids is 1. The van der Waals surface area contributed by atoms with Gasteiger partial charge in [-0.05, 0) is 37.1 Å². The normalized spacial score (nSPS) is 13.0. The highest BCUT2D eigenvalue weighted by Gasteiger charge is 2.42. The van der Waals surface area contributed by atoms with Crippen LogP contribution in [0.5, 0.6) is 0 Å². The molecule has 2 N–H and O–H groups in total. The summed E-state index contributed by atoms with van der Waals surface area (Å²) in [6.07, 6.45) is -3.92. The quantitative estimate of drug-likeness (QED) is 0.463. The first-order valence-corrected chi connectivity index (χ1v) is 6.97. The second kappa shape index (κ2) is 7.90. The van der Waals surface area contributed by atoms with Crippen molar-refractivity contribution in [2.75, 3.05) is 5.73 Å². The summed E-state index contributed by atoms with van der Waals surface area (Å²) >= 11 is 0. The summed E-state index contributed by atoms with van der Waals surface area (Å²) in [7, 11) is 0. The first-order valence-electron chi connectivity index (χ1n) is 6.97. The number of benzene rings is 1. The number of hydrogen-bond acceptors (Lipinski definition) is 3. The Morgan fingerprint density at radius 2 is 1.81 bits per heavy atom. The second-order valence-corrected chi connectivity index (χ2v) is 4.91. The monoisotopic (exact) mass is 303 g/mol. The molecule has 0 bridgehead atoms. The van der Waals surface area contributed by atoms with Gasteiger partial charge in [-0.3, -0.25) is 0 Å². The second-order valence-electron chi connectivity index (χ2n) is 4.91. The number of nitrogen functional groups attached to an aromatic ring is 1. The average molecular weight is 303 g/mol. The van der Waals surface area contributed by atoms with Gasteiger partial charge in [-0.2, -0.15) is 13.2 Å². The number of esters is 1. The molecule has 1 aromatic rings. The number of rotatable bonds is 7. The maximum absolute atomic E-state index is 12.9. The predicted octanol–water partition coefficient (Wildman–Crippen LogP) is 4.33. The van der Waals surface area contributed by atoms with Gasteiger partial charge in [-0.1, -0.05) is 26.2 Å². The van der Waals surface area contributed by atoms with Crippen LogP contribution < -0.4 is 5.73 Å². The molecule has 0 amide bonds. The smallest absolute Gasteiger partial charge is 0.425 e. The minimum atomic E-state index is -4.55.